The molecule has 3 N–H and O–H groups in total. The average Bonchev–Trinajstić information content (AvgIpc) is 2.37. The van der Waals surface area contributed by atoms with E-state index in [0.717, 1.165) is 6.42 Å². The zero-order valence-electron chi connectivity index (χ0n) is 11.3. The number of nitrogens with zero attached hydrogens (tertiary/aromatic N) is 1. The van der Waals surface area contributed by atoms with E-state index in [2.05, 4.69) is 10.6 Å². The number of anilines is 2. The Bertz CT molecular complexity index is 424. The van der Waals surface area contributed by atoms with Crippen molar-refractivity contribution < 1.29 is 10.0 Å². The summed E-state index contributed by atoms with van der Waals surface area (Å²) < 4.78 is 0. The molecule has 1 rings (SSSR count). The highest BCUT2D eigenvalue weighted by Crippen LogP contribution is 2.32. The van der Waals surface area contributed by atoms with E-state index >= 15 is 0 Å². The molecule has 0 aliphatic heterocycles. The summed E-state index contributed by atoms with van der Waals surface area (Å²) >= 11 is 0. The van der Waals surface area contributed by atoms with Crippen molar-refractivity contribution in [2.75, 3.05) is 23.7 Å². The molecule has 6 heteroatoms. The van der Waals surface area contributed by atoms with Gasteiger partial charge in [-0.1, -0.05) is 19.4 Å². The van der Waals surface area contributed by atoms with Crippen molar-refractivity contribution in [3.05, 3.63) is 28.3 Å². The van der Waals surface area contributed by atoms with Crippen LogP contribution in [0, 0.1) is 10.1 Å². The molecule has 0 heterocycles. The van der Waals surface area contributed by atoms with Crippen molar-refractivity contribution in [2.45, 2.75) is 32.8 Å². The SMILES string of the molecule is CCCC(O)CNc1cccc(NCC)c1[N+](=O)[O-]. The Morgan fingerprint density at radius 1 is 1.32 bits per heavy atom. The maximum Gasteiger partial charge on any atom is 0.315 e. The third-order valence-electron chi connectivity index (χ3n) is 2.74. The molecule has 106 valence electrons. The van der Waals surface area contributed by atoms with Gasteiger partial charge in [0.25, 0.3) is 0 Å². The average molecular weight is 267 g/mol. The first-order valence-electron chi connectivity index (χ1n) is 6.53. The predicted octanol–water partition coefficient (Wildman–Crippen LogP) is 2.60. The molecular formula is C13H21N3O3. The van der Waals surface area contributed by atoms with Gasteiger partial charge in [-0.05, 0) is 25.5 Å². The molecule has 1 atom stereocenters. The summed E-state index contributed by atoms with van der Waals surface area (Å²) in [4.78, 5) is 10.7. The molecular weight excluding hydrogens is 246 g/mol. The lowest BCUT2D eigenvalue weighted by molar-refractivity contribution is -0.383. The van der Waals surface area contributed by atoms with Crippen LogP contribution >= 0.6 is 0 Å². The summed E-state index contributed by atoms with van der Waals surface area (Å²) in [6, 6.07) is 5.08. The normalized spacial score (nSPS) is 11.9. The summed E-state index contributed by atoms with van der Waals surface area (Å²) in [5, 5.41) is 26.7. The van der Waals surface area contributed by atoms with E-state index in [4.69, 9.17) is 0 Å². The Kier molecular flexibility index (Phi) is 6.08. The number of rotatable bonds is 8. The van der Waals surface area contributed by atoms with Gasteiger partial charge in [0.15, 0.2) is 0 Å². The maximum absolute atomic E-state index is 11.2. The smallest absolute Gasteiger partial charge is 0.315 e. The molecule has 0 radical (unpaired) electrons. The number of aliphatic hydroxyl groups excluding tert-OH is 1. The monoisotopic (exact) mass is 267 g/mol. The summed E-state index contributed by atoms with van der Waals surface area (Å²) in [7, 11) is 0. The fraction of sp³-hybridized carbons (Fsp3) is 0.538. The molecule has 1 aromatic carbocycles. The summed E-state index contributed by atoms with van der Waals surface area (Å²) in [6.07, 6.45) is 1.06. The van der Waals surface area contributed by atoms with E-state index in [0.29, 0.717) is 30.9 Å². The van der Waals surface area contributed by atoms with Crippen LogP contribution in [0.2, 0.25) is 0 Å². The number of nitrogens with one attached hydrogen (secondary N) is 2. The number of nitro benzene ring substituents is 1. The van der Waals surface area contributed by atoms with Crippen LogP contribution in [0.4, 0.5) is 17.1 Å². The second-order valence-corrected chi connectivity index (χ2v) is 4.31. The fourth-order valence-corrected chi connectivity index (χ4v) is 1.88. The summed E-state index contributed by atoms with van der Waals surface area (Å²) in [5.41, 5.74) is 0.939. The quantitative estimate of drug-likeness (QED) is 0.498. The van der Waals surface area contributed by atoms with Gasteiger partial charge in [-0.15, -0.1) is 0 Å². The van der Waals surface area contributed by atoms with Crippen LogP contribution in [-0.4, -0.2) is 29.2 Å². The summed E-state index contributed by atoms with van der Waals surface area (Å²) in [6.45, 7) is 4.79. The van der Waals surface area contributed by atoms with Crippen molar-refractivity contribution in [3.63, 3.8) is 0 Å². The Labute approximate surface area is 113 Å². The first kappa shape index (κ1) is 15.2. The topological polar surface area (TPSA) is 87.4 Å². The molecule has 19 heavy (non-hydrogen) atoms. The van der Waals surface area contributed by atoms with Crippen LogP contribution in [-0.2, 0) is 0 Å². The van der Waals surface area contributed by atoms with Gasteiger partial charge in [-0.3, -0.25) is 10.1 Å². The molecule has 0 amide bonds. The number of aliphatic hydroxyl groups is 1. The van der Waals surface area contributed by atoms with Gasteiger partial charge in [0, 0.05) is 13.1 Å². The van der Waals surface area contributed by atoms with Crippen LogP contribution in [0.15, 0.2) is 18.2 Å². The van der Waals surface area contributed by atoms with Crippen LogP contribution in [0.3, 0.4) is 0 Å². The van der Waals surface area contributed by atoms with Crippen LogP contribution in [0.5, 0.6) is 0 Å². The second-order valence-electron chi connectivity index (χ2n) is 4.31. The maximum atomic E-state index is 11.2. The van der Waals surface area contributed by atoms with Gasteiger partial charge < -0.3 is 15.7 Å². The molecule has 1 aromatic rings. The van der Waals surface area contributed by atoms with Crippen molar-refractivity contribution in [1.29, 1.82) is 0 Å². The molecule has 0 bridgehead atoms. The third-order valence-corrected chi connectivity index (χ3v) is 2.74. The lowest BCUT2D eigenvalue weighted by Crippen LogP contribution is -2.19. The molecule has 0 aromatic heterocycles. The first-order chi connectivity index (χ1) is 9.10. The highest BCUT2D eigenvalue weighted by molar-refractivity contribution is 5.76. The van der Waals surface area contributed by atoms with Crippen molar-refractivity contribution >= 4 is 17.1 Å². The number of nitro groups is 1. The van der Waals surface area contributed by atoms with Crippen LogP contribution in [0.1, 0.15) is 26.7 Å². The van der Waals surface area contributed by atoms with E-state index in [1.165, 1.54) is 0 Å². The summed E-state index contributed by atoms with van der Waals surface area (Å²) in [5.74, 6) is 0. The number of hydrogen-bond donors (Lipinski definition) is 3. The molecule has 0 saturated heterocycles. The van der Waals surface area contributed by atoms with Gasteiger partial charge in [-0.25, -0.2) is 0 Å². The van der Waals surface area contributed by atoms with E-state index in [1.807, 2.05) is 13.8 Å². The first-order valence-corrected chi connectivity index (χ1v) is 6.53. The Hall–Kier alpha value is -1.82. The standard InChI is InChI=1S/C13H21N3O3/c1-3-6-10(17)9-15-12-8-5-7-11(14-4-2)13(12)16(18)19/h5,7-8,10,14-15,17H,3-4,6,9H2,1-2H3. The van der Waals surface area contributed by atoms with Crippen molar-refractivity contribution in [3.8, 4) is 0 Å². The van der Waals surface area contributed by atoms with Gasteiger partial charge in [-0.2, -0.15) is 0 Å². The molecule has 0 saturated carbocycles. The minimum Gasteiger partial charge on any atom is -0.391 e. The minimum atomic E-state index is -0.493. The highest BCUT2D eigenvalue weighted by Gasteiger charge is 2.19. The van der Waals surface area contributed by atoms with E-state index < -0.39 is 11.0 Å². The highest BCUT2D eigenvalue weighted by atomic mass is 16.6. The third kappa shape index (κ3) is 4.40. The minimum absolute atomic E-state index is 0.0213. The van der Waals surface area contributed by atoms with E-state index in [9.17, 15) is 15.2 Å². The van der Waals surface area contributed by atoms with E-state index in [1.54, 1.807) is 18.2 Å². The fourth-order valence-electron chi connectivity index (χ4n) is 1.88. The zero-order valence-corrected chi connectivity index (χ0v) is 11.3. The molecule has 0 aliphatic carbocycles. The van der Waals surface area contributed by atoms with Gasteiger partial charge in [0.2, 0.25) is 0 Å². The van der Waals surface area contributed by atoms with Gasteiger partial charge >= 0.3 is 5.69 Å². The Balaban J connectivity index is 2.87. The molecule has 0 aliphatic rings. The van der Waals surface area contributed by atoms with Crippen LogP contribution < -0.4 is 10.6 Å². The van der Waals surface area contributed by atoms with Gasteiger partial charge in [0.1, 0.15) is 11.4 Å². The molecule has 6 nitrogen and oxygen atoms in total. The Morgan fingerprint density at radius 2 is 1.95 bits per heavy atom. The van der Waals surface area contributed by atoms with E-state index in [-0.39, 0.29) is 5.69 Å². The number of hydrogen-bond acceptors (Lipinski definition) is 5. The van der Waals surface area contributed by atoms with Crippen molar-refractivity contribution in [1.82, 2.24) is 0 Å². The molecule has 0 spiro atoms. The zero-order chi connectivity index (χ0) is 14.3. The van der Waals surface area contributed by atoms with Crippen LogP contribution in [0.25, 0.3) is 0 Å². The number of benzene rings is 1. The van der Waals surface area contributed by atoms with Gasteiger partial charge in [0.05, 0.1) is 11.0 Å². The largest absolute Gasteiger partial charge is 0.391 e. The molecule has 1 unspecified atom stereocenters. The number of para-hydroxylation sites is 1. The second kappa shape index (κ2) is 7.58. The lowest BCUT2D eigenvalue weighted by atomic mass is 10.2. The van der Waals surface area contributed by atoms with Crippen molar-refractivity contribution in [2.24, 2.45) is 0 Å². The lowest BCUT2D eigenvalue weighted by Gasteiger charge is -2.13. The predicted molar refractivity (Wildman–Crippen MR) is 76.7 cm³/mol. The Morgan fingerprint density at radius 3 is 2.47 bits per heavy atom. The molecule has 0 fully saturated rings.